The largest absolute Gasteiger partial charge is 0.449 e. The topological polar surface area (TPSA) is 50.4 Å². The first-order valence-electron chi connectivity index (χ1n) is 7.42. The minimum atomic E-state index is -4.60. The van der Waals surface area contributed by atoms with Gasteiger partial charge in [0.15, 0.2) is 0 Å². The number of hydrogen-bond donors (Lipinski definition) is 2. The Labute approximate surface area is 155 Å². The van der Waals surface area contributed by atoms with Gasteiger partial charge in [-0.2, -0.15) is 13.2 Å². The first-order chi connectivity index (χ1) is 11.8. The van der Waals surface area contributed by atoms with Gasteiger partial charge < -0.3 is 10.1 Å². The Morgan fingerprint density at radius 3 is 2.64 bits per heavy atom. The third-order valence-corrected chi connectivity index (χ3v) is 4.72. The minimum Gasteiger partial charge on any atom is -0.449 e. The average Bonchev–Trinajstić information content (AvgIpc) is 2.96. The van der Waals surface area contributed by atoms with Gasteiger partial charge in [0.05, 0.1) is 21.6 Å². The summed E-state index contributed by atoms with van der Waals surface area (Å²) in [7, 11) is 0. The molecule has 0 radical (unpaired) electrons. The number of ether oxygens (including phenoxy) is 1. The Morgan fingerprint density at radius 2 is 2.04 bits per heavy atom. The van der Waals surface area contributed by atoms with Gasteiger partial charge in [-0.3, -0.25) is 5.32 Å². The Hall–Kier alpha value is -1.74. The van der Waals surface area contributed by atoms with E-state index in [1.807, 2.05) is 12.1 Å². The number of anilines is 2. The lowest BCUT2D eigenvalue weighted by atomic mass is 10.1. The van der Waals surface area contributed by atoms with E-state index in [2.05, 4.69) is 26.6 Å². The highest BCUT2D eigenvalue weighted by Crippen LogP contribution is 2.37. The zero-order chi connectivity index (χ0) is 18.4. The van der Waals surface area contributed by atoms with E-state index in [0.717, 1.165) is 14.7 Å². The molecule has 0 unspecified atom stereocenters. The molecule has 4 nitrogen and oxygen atoms in total. The maximum Gasteiger partial charge on any atom is 0.418 e. The van der Waals surface area contributed by atoms with Crippen LogP contribution < -0.4 is 10.6 Å². The monoisotopic (exact) mass is 436 g/mol. The number of thiophene rings is 1. The number of halogens is 4. The van der Waals surface area contributed by atoms with Crippen LogP contribution in [0.15, 0.2) is 34.1 Å². The standard InChI is InChI=1S/C16H16BrF3N2O2S/c1-2-7-24-15(23)22-13-5-3-10(8-12(13)16(18,19)20)21-9-11-4-6-14(17)25-11/h3-6,8,21H,2,7,9H2,1H3,(H,22,23). The molecule has 0 spiro atoms. The molecule has 1 amide bonds. The lowest BCUT2D eigenvalue weighted by Gasteiger charge is -2.16. The summed E-state index contributed by atoms with van der Waals surface area (Å²) in [5.74, 6) is 0. The van der Waals surface area contributed by atoms with Gasteiger partial charge in [0, 0.05) is 17.1 Å². The molecule has 0 aliphatic rings. The van der Waals surface area contributed by atoms with Crippen LogP contribution in [0, 0.1) is 0 Å². The van der Waals surface area contributed by atoms with Crippen molar-refractivity contribution >= 4 is 44.7 Å². The van der Waals surface area contributed by atoms with Gasteiger partial charge in [-0.1, -0.05) is 6.92 Å². The summed E-state index contributed by atoms with van der Waals surface area (Å²) in [5.41, 5.74) is -0.958. The number of rotatable bonds is 6. The molecule has 1 aromatic heterocycles. The predicted octanol–water partition coefficient (Wildman–Crippen LogP) is 6.10. The summed E-state index contributed by atoms with van der Waals surface area (Å²) in [6, 6.07) is 7.41. The Bertz CT molecular complexity index is 734. The van der Waals surface area contributed by atoms with Crippen molar-refractivity contribution in [2.75, 3.05) is 17.2 Å². The van der Waals surface area contributed by atoms with E-state index in [9.17, 15) is 18.0 Å². The number of hydrogen-bond acceptors (Lipinski definition) is 4. The van der Waals surface area contributed by atoms with Crippen LogP contribution in [-0.4, -0.2) is 12.7 Å². The molecule has 1 aromatic carbocycles. The van der Waals surface area contributed by atoms with Crippen LogP contribution in [0.1, 0.15) is 23.8 Å². The van der Waals surface area contributed by atoms with E-state index in [1.165, 1.54) is 23.5 Å². The van der Waals surface area contributed by atoms with Gasteiger partial charge in [0.1, 0.15) is 0 Å². The fourth-order valence-electron chi connectivity index (χ4n) is 1.97. The maximum absolute atomic E-state index is 13.3. The lowest BCUT2D eigenvalue weighted by Crippen LogP contribution is -2.18. The number of benzene rings is 1. The summed E-state index contributed by atoms with van der Waals surface area (Å²) in [5, 5.41) is 5.09. The summed E-state index contributed by atoms with van der Waals surface area (Å²) < 4.78 is 45.5. The molecular formula is C16H16BrF3N2O2S. The Balaban J connectivity index is 2.14. The molecule has 0 aliphatic heterocycles. The number of alkyl halides is 3. The quantitative estimate of drug-likeness (QED) is 0.574. The number of nitrogens with one attached hydrogen (secondary N) is 2. The highest BCUT2D eigenvalue weighted by atomic mass is 79.9. The van der Waals surface area contributed by atoms with E-state index >= 15 is 0 Å². The lowest BCUT2D eigenvalue weighted by molar-refractivity contribution is -0.136. The number of carbonyl (C=O) groups excluding carboxylic acids is 1. The molecule has 0 aliphatic carbocycles. The van der Waals surface area contributed by atoms with Crippen molar-refractivity contribution in [2.45, 2.75) is 26.1 Å². The fraction of sp³-hybridized carbons (Fsp3) is 0.312. The molecule has 1 heterocycles. The van der Waals surface area contributed by atoms with Gasteiger partial charge in [0.2, 0.25) is 0 Å². The van der Waals surface area contributed by atoms with Crippen molar-refractivity contribution < 1.29 is 22.7 Å². The zero-order valence-corrected chi connectivity index (χ0v) is 15.6. The predicted molar refractivity (Wildman–Crippen MR) is 96.1 cm³/mol. The van der Waals surface area contributed by atoms with Gasteiger partial charge in [0.25, 0.3) is 0 Å². The maximum atomic E-state index is 13.3. The number of amides is 1. The van der Waals surface area contributed by atoms with Gasteiger partial charge >= 0.3 is 12.3 Å². The average molecular weight is 437 g/mol. The molecule has 25 heavy (non-hydrogen) atoms. The summed E-state index contributed by atoms with van der Waals surface area (Å²) in [4.78, 5) is 12.5. The zero-order valence-electron chi connectivity index (χ0n) is 13.2. The van der Waals surface area contributed by atoms with Crippen LogP contribution in [0.2, 0.25) is 0 Å². The van der Waals surface area contributed by atoms with Crippen LogP contribution >= 0.6 is 27.3 Å². The van der Waals surface area contributed by atoms with Crippen molar-refractivity contribution in [3.05, 3.63) is 44.6 Å². The van der Waals surface area contributed by atoms with E-state index in [4.69, 9.17) is 4.74 Å². The SMILES string of the molecule is CCCOC(=O)Nc1ccc(NCc2ccc(Br)s2)cc1C(F)(F)F. The van der Waals surface area contributed by atoms with Crippen LogP contribution in [0.25, 0.3) is 0 Å². The van der Waals surface area contributed by atoms with E-state index < -0.39 is 17.8 Å². The van der Waals surface area contributed by atoms with Crippen LogP contribution in [0.4, 0.5) is 29.3 Å². The second-order valence-corrected chi connectivity index (χ2v) is 7.63. The molecule has 0 fully saturated rings. The van der Waals surface area contributed by atoms with Crippen molar-refractivity contribution in [2.24, 2.45) is 0 Å². The van der Waals surface area contributed by atoms with E-state index in [-0.39, 0.29) is 12.3 Å². The van der Waals surface area contributed by atoms with Crippen LogP contribution in [0.3, 0.4) is 0 Å². The fourth-order valence-corrected chi connectivity index (χ4v) is 3.40. The van der Waals surface area contributed by atoms with Crippen molar-refractivity contribution in [3.8, 4) is 0 Å². The molecule has 136 valence electrons. The normalized spacial score (nSPS) is 11.2. The molecule has 0 saturated carbocycles. The molecule has 2 aromatic rings. The smallest absolute Gasteiger partial charge is 0.418 e. The molecular weight excluding hydrogens is 421 g/mol. The summed E-state index contributed by atoms with van der Waals surface area (Å²) in [6.45, 7) is 2.34. The summed E-state index contributed by atoms with van der Waals surface area (Å²) >= 11 is 4.83. The molecule has 0 saturated heterocycles. The number of carbonyl (C=O) groups is 1. The van der Waals surface area contributed by atoms with Crippen LogP contribution in [-0.2, 0) is 17.5 Å². The van der Waals surface area contributed by atoms with Gasteiger partial charge in [-0.05, 0) is 52.7 Å². The highest BCUT2D eigenvalue weighted by Gasteiger charge is 2.34. The first kappa shape index (κ1) is 19.6. The third-order valence-electron chi connectivity index (χ3n) is 3.09. The van der Waals surface area contributed by atoms with Crippen molar-refractivity contribution in [1.29, 1.82) is 0 Å². The van der Waals surface area contributed by atoms with Crippen LogP contribution in [0.5, 0.6) is 0 Å². The second kappa shape index (κ2) is 8.57. The molecule has 0 bridgehead atoms. The Morgan fingerprint density at radius 1 is 1.28 bits per heavy atom. The second-order valence-electron chi connectivity index (χ2n) is 5.08. The third kappa shape index (κ3) is 5.93. The molecule has 0 atom stereocenters. The summed E-state index contributed by atoms with van der Waals surface area (Å²) in [6.07, 6.45) is -4.92. The minimum absolute atomic E-state index is 0.142. The first-order valence-corrected chi connectivity index (χ1v) is 9.03. The molecule has 2 rings (SSSR count). The van der Waals surface area contributed by atoms with Gasteiger partial charge in [-0.25, -0.2) is 4.79 Å². The highest BCUT2D eigenvalue weighted by molar-refractivity contribution is 9.11. The Kier molecular flexibility index (Phi) is 6.71. The molecule has 9 heteroatoms. The molecule has 2 N–H and O–H groups in total. The van der Waals surface area contributed by atoms with E-state index in [1.54, 1.807) is 6.92 Å². The van der Waals surface area contributed by atoms with Gasteiger partial charge in [-0.15, -0.1) is 11.3 Å². The van der Waals surface area contributed by atoms with Crippen molar-refractivity contribution in [3.63, 3.8) is 0 Å². The van der Waals surface area contributed by atoms with Crippen molar-refractivity contribution in [1.82, 2.24) is 0 Å². The van der Waals surface area contributed by atoms with E-state index in [0.29, 0.717) is 18.7 Å².